The first-order chi connectivity index (χ1) is 41.4. The fourth-order valence-corrected chi connectivity index (χ4v) is 14.4. The Labute approximate surface area is 588 Å². The summed E-state index contributed by atoms with van der Waals surface area (Å²) in [7, 11) is -4.95. The second kappa shape index (κ2) is 27.0. The molecule has 9 aliphatic heterocycles. The number of carboxylic acids is 1. The summed E-state index contributed by atoms with van der Waals surface area (Å²) < 4.78 is 72.1. The summed E-state index contributed by atoms with van der Waals surface area (Å²) in [5, 5.41) is 18.6. The van der Waals surface area contributed by atoms with Crippen LogP contribution < -0.4 is 108 Å². The Morgan fingerprint density at radius 2 is 0.900 bits per heavy atom. The zero-order chi connectivity index (χ0) is 62.2. The number of rotatable bonds is 2. The van der Waals surface area contributed by atoms with E-state index < -0.39 is 56.8 Å². The second-order valence-corrected chi connectivity index (χ2v) is 24.2. The van der Waals surface area contributed by atoms with Crippen LogP contribution in [0.4, 0.5) is 17.1 Å². The molecule has 0 fully saturated rings. The van der Waals surface area contributed by atoms with Gasteiger partial charge in [-0.15, -0.1) is 58.9 Å². The van der Waals surface area contributed by atoms with E-state index in [0.717, 1.165) is 64.1 Å². The quantitative estimate of drug-likeness (QED) is 0.0628. The van der Waals surface area contributed by atoms with Crippen LogP contribution in [-0.4, -0.2) is 100 Å². The number of aliphatic carboxylic acids is 1. The molecular formula is C66H56N3Na3O16S2. The fourth-order valence-electron chi connectivity index (χ4n) is 14.4. The van der Waals surface area contributed by atoms with E-state index in [-0.39, 0.29) is 129 Å². The van der Waals surface area contributed by atoms with E-state index in [0.29, 0.717) is 19.4 Å². The van der Waals surface area contributed by atoms with Crippen molar-refractivity contribution in [1.29, 1.82) is 0 Å². The maximum atomic E-state index is 12.3. The molecule has 90 heavy (non-hydrogen) atoms. The van der Waals surface area contributed by atoms with E-state index in [1.807, 2.05) is 36.4 Å². The molecular weight excluding hydrogens is 1220 g/mol. The van der Waals surface area contributed by atoms with Crippen molar-refractivity contribution in [3.63, 3.8) is 0 Å². The predicted molar refractivity (Wildman–Crippen MR) is 317 cm³/mol. The minimum absolute atomic E-state index is 0. The molecule has 6 aromatic rings. The summed E-state index contributed by atoms with van der Waals surface area (Å²) in [6.07, 6.45) is 7.95. The molecule has 3 unspecified atom stereocenters. The molecule has 3 atom stereocenters. The van der Waals surface area contributed by atoms with Gasteiger partial charge in [0.15, 0.2) is 0 Å². The number of carbonyl (C=O) groups is 5. The Hall–Kier alpha value is -6.47. The first-order valence-corrected chi connectivity index (χ1v) is 29.9. The summed E-state index contributed by atoms with van der Waals surface area (Å²) in [6, 6.07) is 39.8. The molecule has 0 saturated heterocycles. The van der Waals surface area contributed by atoms with E-state index in [1.54, 1.807) is 12.2 Å². The summed E-state index contributed by atoms with van der Waals surface area (Å²) >= 11 is 0. The Bertz CT molecular complexity index is 4450. The summed E-state index contributed by atoms with van der Waals surface area (Å²) in [4.78, 5) is 66.3. The van der Waals surface area contributed by atoms with Crippen LogP contribution >= 0.6 is 0 Å². The average Bonchev–Trinajstić information content (AvgIpc) is 1.57. The van der Waals surface area contributed by atoms with Crippen molar-refractivity contribution in [1.82, 2.24) is 0 Å². The van der Waals surface area contributed by atoms with Crippen LogP contribution in [0.15, 0.2) is 166 Å². The Kier molecular flexibility index (Phi) is 20.8. The predicted octanol–water partition coefficient (Wildman–Crippen LogP) is -1.50. The van der Waals surface area contributed by atoms with Gasteiger partial charge in [0, 0.05) is 112 Å². The van der Waals surface area contributed by atoms with E-state index in [4.69, 9.17) is 44.2 Å². The van der Waals surface area contributed by atoms with Crippen molar-refractivity contribution < 1.29 is 162 Å². The molecule has 19 nitrogen and oxygen atoms in total. The second-order valence-electron chi connectivity index (χ2n) is 23.4. The average molecular weight is 1280 g/mol. The van der Waals surface area contributed by atoms with Gasteiger partial charge in [-0.25, -0.2) is 19.2 Å². The number of esters is 4. The Morgan fingerprint density at radius 1 is 0.522 bits per heavy atom. The van der Waals surface area contributed by atoms with Crippen molar-refractivity contribution in [3.8, 4) is 0 Å². The molecule has 24 heteroatoms. The van der Waals surface area contributed by atoms with Crippen molar-refractivity contribution in [2.24, 2.45) is 0 Å². The maximum Gasteiger partial charge on any atom is 1.00 e. The standard InChI is InChI=1S/C23H21NO4.C22H18NO4.C21H18NO2.3Na.2O3S/c1-23(2)19-14-7-5-4-6-13(14)8-9-17(19)24-11-10-18-15(20(23)24)12-16(21(25)27-3)22(26)28-18;1-22(2)18-13-6-4-3-5-12(13)7-8-16(18)23-10-9-17-14(19(22)23)11-15(20(24)25)21(26)27-17;1-21(2)19-14-6-4-3-5-13(14)7-9-16(19)22-12-11-17-15(20(21)22)8-10-18(23)24-17;;;;2*1-4(2)3/h4-9,12,18H,10-11H2,1-3H3;4-8,11,17H,9-10H2,1-2H3,(H,24,25);4-10,17H,11-12H2,1-2H3;;;;;/q;2*-1;3*+1;;/p-1. The molecule has 0 bridgehead atoms. The number of allylic oxidation sites excluding steroid dienone is 3. The van der Waals surface area contributed by atoms with Crippen LogP contribution in [0.3, 0.4) is 0 Å². The first kappa shape index (κ1) is 69.4. The molecule has 15 rings (SSSR count). The Morgan fingerprint density at radius 3 is 1.33 bits per heavy atom. The van der Waals surface area contributed by atoms with Crippen LogP contribution in [0, 0.1) is 12.1 Å². The third kappa shape index (κ3) is 12.3. The summed E-state index contributed by atoms with van der Waals surface area (Å²) in [5.41, 5.74) is 12.4. The van der Waals surface area contributed by atoms with Gasteiger partial charge < -0.3 is 43.5 Å². The zero-order valence-electron chi connectivity index (χ0n) is 51.2. The van der Waals surface area contributed by atoms with Crippen molar-refractivity contribution in [3.05, 3.63) is 195 Å². The smallest absolute Gasteiger partial charge is 0.545 e. The number of benzene rings is 6. The maximum absolute atomic E-state index is 12.3. The van der Waals surface area contributed by atoms with Crippen LogP contribution in [0.25, 0.3) is 32.3 Å². The number of ether oxygens (including phenoxy) is 4. The van der Waals surface area contributed by atoms with Gasteiger partial charge in [-0.1, -0.05) is 71.9 Å². The fraction of sp³-hybridized carbons (Fsp3) is 0.288. The number of anilines is 3. The molecule has 6 aromatic carbocycles. The topological polar surface area (TPSA) is 257 Å². The third-order valence-corrected chi connectivity index (χ3v) is 17.5. The molecule has 0 amide bonds. The number of methoxy groups -OCH3 is 1. The van der Waals surface area contributed by atoms with E-state index in [2.05, 4.69) is 135 Å². The normalized spacial score (nSPS) is 20.6. The molecule has 0 saturated carbocycles. The number of carboxylic acid groups (broad SMARTS) is 1. The van der Waals surface area contributed by atoms with E-state index >= 15 is 0 Å². The van der Waals surface area contributed by atoms with E-state index in [1.165, 1.54) is 68.5 Å². The summed E-state index contributed by atoms with van der Waals surface area (Å²) in [5.74, 6) is -3.81. The van der Waals surface area contributed by atoms with Crippen LogP contribution in [0.2, 0.25) is 0 Å². The zero-order valence-corrected chi connectivity index (χ0v) is 58.8. The van der Waals surface area contributed by atoms with Gasteiger partial charge in [-0.2, -0.15) is 48.5 Å². The molecule has 0 spiro atoms. The summed E-state index contributed by atoms with van der Waals surface area (Å²) in [6.45, 7) is 15.6. The molecule has 9 heterocycles. The van der Waals surface area contributed by atoms with E-state index in [9.17, 15) is 29.1 Å². The number of hydrogen-bond acceptors (Lipinski definition) is 19. The number of fused-ring (bicyclic) bond motifs is 18. The van der Waals surface area contributed by atoms with Crippen molar-refractivity contribution in [2.45, 2.75) is 95.4 Å². The van der Waals surface area contributed by atoms with Gasteiger partial charge in [0.1, 0.15) is 23.9 Å². The first-order valence-electron chi connectivity index (χ1n) is 27.9. The number of hydrogen-bond donors (Lipinski definition) is 0. The number of nitrogens with zero attached hydrogens (tertiary/aromatic N) is 3. The van der Waals surface area contributed by atoms with Gasteiger partial charge in [-0.05, 0) is 63.9 Å². The molecule has 446 valence electrons. The SMILES string of the molecule is CC1(C)C2=C3C=C(C(=O)[O-])C(=O)OC3CCN2c2ccc3c[c-]ccc3c21.CC1(C)C2=C3C=CC(=O)OC3CCN2c2ccc3c[c-]ccc3c21.COC(=O)C1=CC2=C3N(CCC2OC1=O)c1ccc2ccccc2c1C3(C)C.O=S(=O)=O.O=S(=O)=O.[Na+].[Na+].[Na+]. The van der Waals surface area contributed by atoms with Gasteiger partial charge in [0.2, 0.25) is 0 Å². The third-order valence-electron chi connectivity index (χ3n) is 17.5. The van der Waals surface area contributed by atoms with Gasteiger partial charge >= 0.3 is 134 Å². The molecule has 9 aliphatic rings. The van der Waals surface area contributed by atoms with Crippen molar-refractivity contribution >= 4 is 100 Å². The van der Waals surface area contributed by atoms with Crippen LogP contribution in [-0.2, 0) is 80.4 Å². The van der Waals surface area contributed by atoms with Crippen LogP contribution in [0.1, 0.15) is 77.5 Å². The molecule has 0 N–H and O–H groups in total. The monoisotopic (exact) mass is 1280 g/mol. The molecule has 0 radical (unpaired) electrons. The molecule has 0 aliphatic carbocycles. The minimum atomic E-state index is -3.11. The molecule has 0 aromatic heterocycles. The van der Waals surface area contributed by atoms with Crippen molar-refractivity contribution in [2.75, 3.05) is 41.4 Å². The number of carbonyl (C=O) groups excluding carboxylic acids is 5. The Balaban J connectivity index is 0.000000162. The minimum Gasteiger partial charge on any atom is -0.545 e. The van der Waals surface area contributed by atoms with Gasteiger partial charge in [0.25, 0.3) is 0 Å². The van der Waals surface area contributed by atoms with Gasteiger partial charge in [0.05, 0.1) is 18.7 Å². The van der Waals surface area contributed by atoms with Crippen LogP contribution in [0.5, 0.6) is 0 Å². The van der Waals surface area contributed by atoms with Gasteiger partial charge in [-0.3, -0.25) is 0 Å². The largest absolute Gasteiger partial charge is 1.00 e.